The molecule has 2 aromatic rings. The lowest BCUT2D eigenvalue weighted by Crippen LogP contribution is -2.31. The molecule has 1 N–H and O–H groups in total. The van der Waals surface area contributed by atoms with Crippen molar-refractivity contribution < 1.29 is 9.72 Å². The molecule has 0 atom stereocenters. The number of nitro groups is 1. The summed E-state index contributed by atoms with van der Waals surface area (Å²) in [6.45, 7) is 3.18. The van der Waals surface area contributed by atoms with Gasteiger partial charge in [0.15, 0.2) is 0 Å². The van der Waals surface area contributed by atoms with E-state index < -0.39 is 4.92 Å². The first-order chi connectivity index (χ1) is 11.9. The Morgan fingerprint density at radius 3 is 2.48 bits per heavy atom. The fourth-order valence-electron chi connectivity index (χ4n) is 2.12. The number of nitrogens with one attached hydrogen (secondary N) is 1. The van der Waals surface area contributed by atoms with Gasteiger partial charge in [-0.15, -0.1) is 0 Å². The van der Waals surface area contributed by atoms with Crippen LogP contribution >= 0.6 is 11.8 Å². The Kier molecular flexibility index (Phi) is 6.55. The van der Waals surface area contributed by atoms with Gasteiger partial charge in [0.05, 0.1) is 9.82 Å². The molecule has 25 heavy (non-hydrogen) atoms. The molecule has 132 valence electrons. The Balaban J connectivity index is 2.18. The van der Waals surface area contributed by atoms with Gasteiger partial charge >= 0.3 is 0 Å². The van der Waals surface area contributed by atoms with E-state index in [4.69, 9.17) is 0 Å². The second kappa shape index (κ2) is 8.64. The molecule has 0 aromatic heterocycles. The second-order valence-electron chi connectivity index (χ2n) is 5.91. The van der Waals surface area contributed by atoms with E-state index >= 15 is 0 Å². The number of aryl methyl sites for hydroxylation is 1. The summed E-state index contributed by atoms with van der Waals surface area (Å²) in [6.07, 6.45) is 0. The standard InChI is InChI=1S/C18H21N3O3S/c1-13-4-7-15(8-5-13)25-17-9-6-14(12-16(17)21(23)24)18(22)19-10-11-20(2)3/h4-9,12H,10-11H2,1-3H3,(H,19,22). The predicted molar refractivity (Wildman–Crippen MR) is 99.3 cm³/mol. The van der Waals surface area contributed by atoms with Crippen molar-refractivity contribution in [2.75, 3.05) is 27.2 Å². The molecule has 0 unspecified atom stereocenters. The van der Waals surface area contributed by atoms with Gasteiger partial charge in [-0.25, -0.2) is 0 Å². The van der Waals surface area contributed by atoms with Crippen molar-refractivity contribution in [3.8, 4) is 0 Å². The number of nitrogens with zero attached hydrogens (tertiary/aromatic N) is 2. The van der Waals surface area contributed by atoms with Crippen LogP contribution in [0, 0.1) is 17.0 Å². The van der Waals surface area contributed by atoms with Gasteiger partial charge in [-0.3, -0.25) is 14.9 Å². The molecule has 0 saturated heterocycles. The Morgan fingerprint density at radius 1 is 1.20 bits per heavy atom. The molecule has 2 aromatic carbocycles. The van der Waals surface area contributed by atoms with Crippen LogP contribution in [-0.2, 0) is 0 Å². The summed E-state index contributed by atoms with van der Waals surface area (Å²) in [6, 6.07) is 12.3. The highest BCUT2D eigenvalue weighted by Crippen LogP contribution is 2.35. The predicted octanol–water partition coefficient (Wildman–Crippen LogP) is 3.35. The molecule has 1 amide bonds. The minimum atomic E-state index is -0.451. The van der Waals surface area contributed by atoms with E-state index in [-0.39, 0.29) is 11.6 Å². The maximum absolute atomic E-state index is 12.1. The third-order valence-corrected chi connectivity index (χ3v) is 4.58. The van der Waals surface area contributed by atoms with E-state index in [9.17, 15) is 14.9 Å². The van der Waals surface area contributed by atoms with Crippen LogP contribution in [0.3, 0.4) is 0 Å². The Bertz CT molecular complexity index is 761. The molecule has 0 heterocycles. The normalized spacial score (nSPS) is 10.7. The highest BCUT2D eigenvalue weighted by molar-refractivity contribution is 7.99. The maximum atomic E-state index is 12.1. The van der Waals surface area contributed by atoms with Crippen LogP contribution in [0.2, 0.25) is 0 Å². The summed E-state index contributed by atoms with van der Waals surface area (Å²) in [4.78, 5) is 26.5. The van der Waals surface area contributed by atoms with Gasteiger partial charge in [0.2, 0.25) is 0 Å². The van der Waals surface area contributed by atoms with Crippen molar-refractivity contribution in [3.63, 3.8) is 0 Å². The van der Waals surface area contributed by atoms with E-state index in [2.05, 4.69) is 5.32 Å². The molecule has 0 spiro atoms. The van der Waals surface area contributed by atoms with Gasteiger partial charge < -0.3 is 10.2 Å². The first-order valence-corrected chi connectivity index (χ1v) is 8.64. The van der Waals surface area contributed by atoms with Crippen molar-refractivity contribution in [2.45, 2.75) is 16.7 Å². The first-order valence-electron chi connectivity index (χ1n) is 7.82. The largest absolute Gasteiger partial charge is 0.351 e. The third kappa shape index (κ3) is 5.58. The lowest BCUT2D eigenvalue weighted by molar-refractivity contribution is -0.387. The fraction of sp³-hybridized carbons (Fsp3) is 0.278. The summed E-state index contributed by atoms with van der Waals surface area (Å²) in [5.74, 6) is -0.308. The van der Waals surface area contributed by atoms with Gasteiger partial charge in [0, 0.05) is 29.6 Å². The number of carbonyl (C=O) groups excluding carboxylic acids is 1. The average molecular weight is 359 g/mol. The Labute approximate surface area is 151 Å². The molecule has 2 rings (SSSR count). The zero-order valence-electron chi connectivity index (χ0n) is 14.5. The minimum absolute atomic E-state index is 0.0640. The maximum Gasteiger partial charge on any atom is 0.284 e. The smallest absolute Gasteiger partial charge is 0.284 e. The summed E-state index contributed by atoms with van der Waals surface area (Å²) >= 11 is 1.31. The third-order valence-electron chi connectivity index (χ3n) is 3.51. The Hall–Kier alpha value is -2.38. The molecule has 6 nitrogen and oxygen atoms in total. The van der Waals surface area contributed by atoms with Crippen molar-refractivity contribution in [2.24, 2.45) is 0 Å². The fourth-order valence-corrected chi connectivity index (χ4v) is 3.02. The van der Waals surface area contributed by atoms with Crippen molar-refractivity contribution in [3.05, 3.63) is 63.7 Å². The molecule has 0 saturated carbocycles. The molecule has 0 radical (unpaired) electrons. The summed E-state index contributed by atoms with van der Waals surface area (Å²) in [5.41, 5.74) is 1.35. The summed E-state index contributed by atoms with van der Waals surface area (Å²) < 4.78 is 0. The SMILES string of the molecule is Cc1ccc(Sc2ccc(C(=O)NCCN(C)C)cc2[N+](=O)[O-])cc1. The zero-order chi connectivity index (χ0) is 18.4. The average Bonchev–Trinajstić information content (AvgIpc) is 2.56. The highest BCUT2D eigenvalue weighted by atomic mass is 32.2. The van der Waals surface area contributed by atoms with Gasteiger partial charge in [-0.2, -0.15) is 0 Å². The molecule has 0 bridgehead atoms. The Morgan fingerprint density at radius 2 is 1.88 bits per heavy atom. The number of rotatable bonds is 7. The van der Waals surface area contributed by atoms with E-state index in [0.29, 0.717) is 23.5 Å². The van der Waals surface area contributed by atoms with E-state index in [1.54, 1.807) is 12.1 Å². The van der Waals surface area contributed by atoms with Crippen LogP contribution in [-0.4, -0.2) is 42.9 Å². The van der Waals surface area contributed by atoms with Crippen molar-refractivity contribution in [1.82, 2.24) is 10.2 Å². The van der Waals surface area contributed by atoms with Crippen LogP contribution in [0.25, 0.3) is 0 Å². The van der Waals surface area contributed by atoms with Crippen LogP contribution in [0.4, 0.5) is 5.69 Å². The molecule has 0 aliphatic carbocycles. The van der Waals surface area contributed by atoms with Crippen LogP contribution in [0.1, 0.15) is 15.9 Å². The quantitative estimate of drug-likeness (QED) is 0.606. The minimum Gasteiger partial charge on any atom is -0.351 e. The lowest BCUT2D eigenvalue weighted by Gasteiger charge is -2.11. The molecule has 0 aliphatic rings. The number of amides is 1. The number of carbonyl (C=O) groups is 1. The monoisotopic (exact) mass is 359 g/mol. The van der Waals surface area contributed by atoms with Crippen LogP contribution < -0.4 is 5.32 Å². The molecular formula is C18H21N3O3S. The second-order valence-corrected chi connectivity index (χ2v) is 7.03. The van der Waals surface area contributed by atoms with Gasteiger partial charge in [-0.1, -0.05) is 29.5 Å². The molecule has 0 fully saturated rings. The number of nitro benzene ring substituents is 1. The van der Waals surface area contributed by atoms with E-state index in [0.717, 1.165) is 10.5 Å². The van der Waals surface area contributed by atoms with Gasteiger partial charge in [-0.05, 0) is 45.3 Å². The molecular weight excluding hydrogens is 338 g/mol. The summed E-state index contributed by atoms with van der Waals surface area (Å²) in [7, 11) is 3.82. The van der Waals surface area contributed by atoms with Crippen molar-refractivity contribution >= 4 is 23.4 Å². The van der Waals surface area contributed by atoms with Crippen molar-refractivity contribution in [1.29, 1.82) is 0 Å². The van der Waals surface area contributed by atoms with Crippen LogP contribution in [0.5, 0.6) is 0 Å². The number of benzene rings is 2. The lowest BCUT2D eigenvalue weighted by atomic mass is 10.2. The summed E-state index contributed by atoms with van der Waals surface area (Å²) in [5, 5.41) is 14.2. The highest BCUT2D eigenvalue weighted by Gasteiger charge is 2.18. The number of likely N-dealkylation sites (N-methyl/N-ethyl adjacent to an activating group) is 1. The molecule has 0 aliphatic heterocycles. The van der Waals surface area contributed by atoms with Gasteiger partial charge in [0.1, 0.15) is 0 Å². The van der Waals surface area contributed by atoms with E-state index in [1.165, 1.54) is 17.8 Å². The topological polar surface area (TPSA) is 75.5 Å². The first kappa shape index (κ1) is 19.0. The van der Waals surface area contributed by atoms with E-state index in [1.807, 2.05) is 50.2 Å². The molecule has 7 heteroatoms. The van der Waals surface area contributed by atoms with Crippen LogP contribution in [0.15, 0.2) is 52.3 Å². The number of hydrogen-bond donors (Lipinski definition) is 1. The number of hydrogen-bond acceptors (Lipinski definition) is 5. The zero-order valence-corrected chi connectivity index (χ0v) is 15.3. The van der Waals surface area contributed by atoms with Gasteiger partial charge in [0.25, 0.3) is 11.6 Å².